The Morgan fingerprint density at radius 1 is 1.29 bits per heavy atom. The van der Waals surface area contributed by atoms with Crippen molar-refractivity contribution in [1.29, 1.82) is 0 Å². The molecule has 4 heteroatoms. The molecule has 1 heterocycles. The summed E-state index contributed by atoms with van der Waals surface area (Å²) in [5.74, 6) is 1.56. The minimum absolute atomic E-state index is 0.488. The van der Waals surface area contributed by atoms with Gasteiger partial charge in [-0.05, 0) is 48.9 Å². The lowest BCUT2D eigenvalue weighted by Crippen LogP contribution is -2.34. The van der Waals surface area contributed by atoms with Crippen molar-refractivity contribution < 1.29 is 4.74 Å². The number of pyridine rings is 1. The zero-order valence-electron chi connectivity index (χ0n) is 12.3. The molecule has 0 bridgehead atoms. The van der Waals surface area contributed by atoms with Gasteiger partial charge < -0.3 is 10.1 Å². The standard InChI is InChI=1S/C17H19ClN2O/c1-11-7-14(10-19-17(11)18)20-13-8-12(9-13)15-5-3-4-6-16(15)21-2/h3-7,10,12-13,20H,8-9H2,1-2H3. The number of anilines is 1. The molecule has 1 N–H and O–H groups in total. The largest absolute Gasteiger partial charge is 0.496 e. The summed E-state index contributed by atoms with van der Waals surface area (Å²) in [6.07, 6.45) is 4.02. The highest BCUT2D eigenvalue weighted by atomic mass is 35.5. The number of nitrogens with one attached hydrogen (secondary N) is 1. The zero-order valence-corrected chi connectivity index (χ0v) is 13.0. The lowest BCUT2D eigenvalue weighted by Gasteiger charge is -2.37. The molecule has 1 aliphatic carbocycles. The molecule has 0 radical (unpaired) electrons. The van der Waals surface area contributed by atoms with Crippen molar-refractivity contribution in [2.45, 2.75) is 31.7 Å². The number of rotatable bonds is 4. The molecule has 21 heavy (non-hydrogen) atoms. The van der Waals surface area contributed by atoms with Crippen LogP contribution in [0.2, 0.25) is 5.15 Å². The maximum absolute atomic E-state index is 5.95. The van der Waals surface area contributed by atoms with E-state index in [9.17, 15) is 0 Å². The Bertz CT molecular complexity index is 638. The normalized spacial score (nSPS) is 20.7. The highest BCUT2D eigenvalue weighted by molar-refractivity contribution is 6.30. The summed E-state index contributed by atoms with van der Waals surface area (Å²) in [6, 6.07) is 10.8. The molecular weight excluding hydrogens is 284 g/mol. The van der Waals surface area contributed by atoms with Gasteiger partial charge in [-0.15, -0.1) is 0 Å². The third-order valence-corrected chi connectivity index (χ3v) is 4.50. The molecule has 0 amide bonds. The van der Waals surface area contributed by atoms with E-state index in [0.29, 0.717) is 17.1 Å². The van der Waals surface area contributed by atoms with Crippen molar-refractivity contribution in [3.05, 3.63) is 52.8 Å². The van der Waals surface area contributed by atoms with E-state index in [0.717, 1.165) is 29.8 Å². The van der Waals surface area contributed by atoms with Crippen molar-refractivity contribution in [3.8, 4) is 5.75 Å². The molecule has 0 atom stereocenters. The molecule has 3 nitrogen and oxygen atoms in total. The van der Waals surface area contributed by atoms with Gasteiger partial charge in [0.1, 0.15) is 10.9 Å². The van der Waals surface area contributed by atoms with Crippen LogP contribution in [0.1, 0.15) is 29.9 Å². The summed E-state index contributed by atoms with van der Waals surface area (Å²) >= 11 is 5.95. The topological polar surface area (TPSA) is 34.1 Å². The minimum Gasteiger partial charge on any atom is -0.496 e. The van der Waals surface area contributed by atoms with Crippen LogP contribution in [0, 0.1) is 6.92 Å². The average Bonchev–Trinajstić information content (AvgIpc) is 2.46. The van der Waals surface area contributed by atoms with E-state index >= 15 is 0 Å². The number of benzene rings is 1. The smallest absolute Gasteiger partial charge is 0.132 e. The Morgan fingerprint density at radius 3 is 2.76 bits per heavy atom. The fourth-order valence-electron chi connectivity index (χ4n) is 2.87. The lowest BCUT2D eigenvalue weighted by atomic mass is 9.75. The molecule has 1 aromatic carbocycles. The van der Waals surface area contributed by atoms with Crippen LogP contribution in [-0.4, -0.2) is 18.1 Å². The summed E-state index contributed by atoms with van der Waals surface area (Å²) < 4.78 is 5.44. The van der Waals surface area contributed by atoms with E-state index in [4.69, 9.17) is 16.3 Å². The van der Waals surface area contributed by atoms with Gasteiger partial charge in [0.15, 0.2) is 0 Å². The lowest BCUT2D eigenvalue weighted by molar-refractivity contribution is 0.349. The molecule has 2 aromatic rings. The van der Waals surface area contributed by atoms with Gasteiger partial charge in [-0.25, -0.2) is 4.98 Å². The quantitative estimate of drug-likeness (QED) is 0.849. The average molecular weight is 303 g/mol. The van der Waals surface area contributed by atoms with Gasteiger partial charge in [0, 0.05) is 6.04 Å². The maximum atomic E-state index is 5.95. The van der Waals surface area contributed by atoms with Gasteiger partial charge in [-0.1, -0.05) is 29.8 Å². The van der Waals surface area contributed by atoms with Crippen molar-refractivity contribution in [1.82, 2.24) is 4.98 Å². The summed E-state index contributed by atoms with van der Waals surface area (Å²) in [5.41, 5.74) is 3.35. The van der Waals surface area contributed by atoms with Crippen molar-refractivity contribution >= 4 is 17.3 Å². The number of nitrogens with zero attached hydrogens (tertiary/aromatic N) is 1. The molecule has 0 saturated heterocycles. The molecule has 0 aliphatic heterocycles. The maximum Gasteiger partial charge on any atom is 0.132 e. The first-order valence-corrected chi connectivity index (χ1v) is 7.56. The summed E-state index contributed by atoms with van der Waals surface area (Å²) in [4.78, 5) is 4.18. The van der Waals surface area contributed by atoms with Crippen molar-refractivity contribution in [2.24, 2.45) is 0 Å². The predicted octanol–water partition coefficient (Wildman–Crippen LogP) is 4.41. The summed E-state index contributed by atoms with van der Waals surface area (Å²) in [5, 5.41) is 4.09. The van der Waals surface area contributed by atoms with Gasteiger partial charge in [0.2, 0.25) is 0 Å². The first-order valence-electron chi connectivity index (χ1n) is 7.19. The first kappa shape index (κ1) is 14.2. The molecule has 0 spiro atoms. The van der Waals surface area contributed by atoms with E-state index in [1.807, 2.05) is 25.1 Å². The highest BCUT2D eigenvalue weighted by Gasteiger charge is 2.32. The van der Waals surface area contributed by atoms with Crippen LogP contribution in [0.15, 0.2) is 36.5 Å². The molecular formula is C17H19ClN2O. The van der Waals surface area contributed by atoms with E-state index in [-0.39, 0.29) is 0 Å². The van der Waals surface area contributed by atoms with Crippen molar-refractivity contribution in [3.63, 3.8) is 0 Å². The second kappa shape index (κ2) is 5.94. The number of hydrogen-bond donors (Lipinski definition) is 1. The number of hydrogen-bond acceptors (Lipinski definition) is 3. The summed E-state index contributed by atoms with van der Waals surface area (Å²) in [7, 11) is 1.73. The first-order chi connectivity index (χ1) is 10.2. The second-order valence-electron chi connectivity index (χ2n) is 5.58. The number of aryl methyl sites for hydroxylation is 1. The van der Waals surface area contributed by atoms with E-state index in [1.54, 1.807) is 13.3 Å². The van der Waals surface area contributed by atoms with Crippen LogP contribution < -0.4 is 10.1 Å². The Morgan fingerprint density at radius 2 is 2.05 bits per heavy atom. The molecule has 1 saturated carbocycles. The number of aromatic nitrogens is 1. The third-order valence-electron chi connectivity index (χ3n) is 4.10. The van der Waals surface area contributed by atoms with Gasteiger partial charge in [-0.2, -0.15) is 0 Å². The number of para-hydroxylation sites is 1. The Labute approximate surface area is 130 Å². The Balaban J connectivity index is 1.62. The van der Waals surface area contributed by atoms with Crippen LogP contribution in [0.25, 0.3) is 0 Å². The predicted molar refractivity (Wildman–Crippen MR) is 86.4 cm³/mol. The number of halogens is 1. The van der Waals surface area contributed by atoms with Gasteiger partial charge in [0.05, 0.1) is 19.0 Å². The Hall–Kier alpha value is -1.74. The van der Waals surface area contributed by atoms with Crippen LogP contribution in [0.3, 0.4) is 0 Å². The molecule has 1 fully saturated rings. The molecule has 3 rings (SSSR count). The second-order valence-corrected chi connectivity index (χ2v) is 5.94. The highest BCUT2D eigenvalue weighted by Crippen LogP contribution is 2.42. The fraction of sp³-hybridized carbons (Fsp3) is 0.353. The van der Waals surface area contributed by atoms with E-state index in [2.05, 4.69) is 22.4 Å². The summed E-state index contributed by atoms with van der Waals surface area (Å²) in [6.45, 7) is 1.97. The molecule has 1 aromatic heterocycles. The minimum atomic E-state index is 0.488. The fourth-order valence-corrected chi connectivity index (χ4v) is 2.97. The van der Waals surface area contributed by atoms with Crippen LogP contribution in [0.5, 0.6) is 5.75 Å². The molecule has 0 unspecified atom stereocenters. The Kier molecular flexibility index (Phi) is 4.02. The van der Waals surface area contributed by atoms with Crippen LogP contribution >= 0.6 is 11.6 Å². The van der Waals surface area contributed by atoms with Crippen LogP contribution in [0.4, 0.5) is 5.69 Å². The SMILES string of the molecule is COc1ccccc1C1CC(Nc2cnc(Cl)c(C)c2)C1. The van der Waals surface area contributed by atoms with Gasteiger partial charge in [0.25, 0.3) is 0 Å². The molecule has 110 valence electrons. The number of ether oxygens (including phenoxy) is 1. The van der Waals surface area contributed by atoms with Crippen LogP contribution in [-0.2, 0) is 0 Å². The number of methoxy groups -OCH3 is 1. The van der Waals surface area contributed by atoms with Gasteiger partial charge in [-0.3, -0.25) is 0 Å². The van der Waals surface area contributed by atoms with E-state index in [1.165, 1.54) is 5.56 Å². The van der Waals surface area contributed by atoms with Gasteiger partial charge >= 0.3 is 0 Å². The molecule has 1 aliphatic rings. The monoisotopic (exact) mass is 302 g/mol. The zero-order chi connectivity index (χ0) is 14.8. The van der Waals surface area contributed by atoms with Crippen molar-refractivity contribution in [2.75, 3.05) is 12.4 Å². The van der Waals surface area contributed by atoms with E-state index < -0.39 is 0 Å². The third kappa shape index (κ3) is 2.98.